The molecule has 1 aliphatic carbocycles. The van der Waals surface area contributed by atoms with Gasteiger partial charge in [-0.15, -0.1) is 0 Å². The number of halogens is 2. The molecule has 214 valence electrons. The van der Waals surface area contributed by atoms with Gasteiger partial charge >= 0.3 is 6.43 Å². The van der Waals surface area contributed by atoms with Gasteiger partial charge in [0, 0.05) is 26.1 Å². The molecular weight excluding hydrogens is 504 g/mol. The monoisotopic (exact) mass is 543 g/mol. The number of hydrogen-bond donors (Lipinski definition) is 5. The van der Waals surface area contributed by atoms with E-state index in [1.165, 1.54) is 11.9 Å². The van der Waals surface area contributed by atoms with Crippen molar-refractivity contribution in [2.75, 3.05) is 20.1 Å². The second kappa shape index (κ2) is 10.7. The largest absolute Gasteiger partial charge is 0.381 e. The fraction of sp³-hybridized carbons (Fsp3) is 0.800. The van der Waals surface area contributed by atoms with Gasteiger partial charge in [0.1, 0.15) is 12.1 Å². The molecule has 0 radical (unpaired) electrons. The first-order valence-electron chi connectivity index (χ1n) is 12.9. The zero-order chi connectivity index (χ0) is 28.7. The minimum atomic E-state index is -3.31. The predicted octanol–water partition coefficient (Wildman–Crippen LogP) is -0.617. The van der Waals surface area contributed by atoms with Crippen LogP contribution < -0.4 is 21.3 Å². The van der Waals surface area contributed by atoms with Gasteiger partial charge in [-0.25, -0.2) is 0 Å². The standard InChI is InChI=1S/C25H39F2N5O6/c1-24(2,3)17(31-22(37)18(26)27)23(38)32-10-12-14(25(12,4)5)15(32)20(35)30-13(16(33)21(36)28-6)9-11-7-8-29-19(11)34/h11-18,33H,7-10H2,1-6H3,(H,28,36)(H,29,34)(H,30,35)(H,31,37)/t11?,12-,13-,14-,15-,16?,17?/m0/s1. The third-order valence-corrected chi connectivity index (χ3v) is 8.28. The van der Waals surface area contributed by atoms with Crippen LogP contribution in [0.25, 0.3) is 0 Å². The SMILES string of the molecule is CNC(=O)C(O)[C@H](CC1CCNC1=O)NC(=O)[C@@H]1[C@@H]2[C@H](CN1C(=O)C(NC(=O)C(F)F)C(C)(C)C)C2(C)C. The Bertz CT molecular complexity index is 984. The van der Waals surface area contributed by atoms with Crippen molar-refractivity contribution in [3.63, 3.8) is 0 Å². The number of amides is 5. The number of piperidine rings is 1. The molecule has 0 bridgehead atoms. The van der Waals surface area contributed by atoms with Crippen molar-refractivity contribution in [1.29, 1.82) is 0 Å². The molecule has 0 spiro atoms. The minimum absolute atomic E-state index is 0.0133. The van der Waals surface area contributed by atoms with E-state index in [-0.39, 0.29) is 36.1 Å². The third-order valence-electron chi connectivity index (χ3n) is 8.28. The number of carbonyl (C=O) groups excluding carboxylic acids is 5. The maximum atomic E-state index is 13.7. The fourth-order valence-corrected chi connectivity index (χ4v) is 5.87. The molecule has 13 heteroatoms. The second-order valence-electron chi connectivity index (χ2n) is 12.2. The zero-order valence-electron chi connectivity index (χ0n) is 22.6. The molecule has 1 saturated carbocycles. The molecule has 3 rings (SSSR count). The van der Waals surface area contributed by atoms with Gasteiger partial charge in [0.05, 0.1) is 6.04 Å². The van der Waals surface area contributed by atoms with E-state index >= 15 is 0 Å². The van der Waals surface area contributed by atoms with E-state index in [4.69, 9.17) is 0 Å². The molecule has 3 unspecified atom stereocenters. The van der Waals surface area contributed by atoms with E-state index in [1.54, 1.807) is 20.8 Å². The number of nitrogens with one attached hydrogen (secondary N) is 4. The number of alkyl halides is 2. The molecule has 0 aromatic carbocycles. The van der Waals surface area contributed by atoms with E-state index in [9.17, 15) is 37.9 Å². The van der Waals surface area contributed by atoms with Crippen LogP contribution in [-0.2, 0) is 24.0 Å². The van der Waals surface area contributed by atoms with E-state index < -0.39 is 65.6 Å². The summed E-state index contributed by atoms with van der Waals surface area (Å²) in [5.41, 5.74) is -1.21. The normalized spacial score (nSPS) is 28.2. The lowest BCUT2D eigenvalue weighted by Gasteiger charge is -2.38. The van der Waals surface area contributed by atoms with Crippen LogP contribution in [0.2, 0.25) is 0 Å². The average Bonchev–Trinajstić information content (AvgIpc) is 3.19. The molecule has 2 aliphatic heterocycles. The summed E-state index contributed by atoms with van der Waals surface area (Å²) in [7, 11) is 1.34. The minimum Gasteiger partial charge on any atom is -0.381 e. The topological polar surface area (TPSA) is 157 Å². The maximum Gasteiger partial charge on any atom is 0.315 e. The number of carbonyl (C=O) groups is 5. The Hall–Kier alpha value is -2.83. The molecule has 7 atom stereocenters. The Morgan fingerprint density at radius 3 is 2.29 bits per heavy atom. The van der Waals surface area contributed by atoms with Crippen LogP contribution in [0.4, 0.5) is 8.78 Å². The fourth-order valence-electron chi connectivity index (χ4n) is 5.87. The summed E-state index contributed by atoms with van der Waals surface area (Å²) < 4.78 is 26.0. The summed E-state index contributed by atoms with van der Waals surface area (Å²) in [6.07, 6.45) is -4.45. The zero-order valence-corrected chi connectivity index (χ0v) is 22.6. The van der Waals surface area contributed by atoms with Crippen molar-refractivity contribution in [2.24, 2.45) is 28.6 Å². The highest BCUT2D eigenvalue weighted by atomic mass is 19.3. The average molecular weight is 544 g/mol. The summed E-state index contributed by atoms with van der Waals surface area (Å²) in [6, 6.07) is -3.42. The van der Waals surface area contributed by atoms with Crippen LogP contribution in [-0.4, -0.2) is 90.3 Å². The number of fused-ring (bicyclic) bond motifs is 1. The number of aliphatic hydroxyl groups is 1. The van der Waals surface area contributed by atoms with E-state index in [1.807, 2.05) is 13.8 Å². The van der Waals surface area contributed by atoms with Crippen LogP contribution in [0, 0.1) is 28.6 Å². The lowest BCUT2D eigenvalue weighted by molar-refractivity contribution is -0.148. The smallest absolute Gasteiger partial charge is 0.315 e. The lowest BCUT2D eigenvalue weighted by Crippen LogP contribution is -2.61. The Balaban J connectivity index is 1.87. The van der Waals surface area contributed by atoms with Crippen molar-refractivity contribution >= 4 is 29.5 Å². The number of hydrogen-bond acceptors (Lipinski definition) is 6. The summed E-state index contributed by atoms with van der Waals surface area (Å²) >= 11 is 0. The quantitative estimate of drug-likeness (QED) is 0.261. The Morgan fingerprint density at radius 2 is 1.79 bits per heavy atom. The van der Waals surface area contributed by atoms with Gasteiger partial charge in [-0.05, 0) is 35.5 Å². The van der Waals surface area contributed by atoms with Gasteiger partial charge in [0.25, 0.3) is 11.8 Å². The van der Waals surface area contributed by atoms with E-state index in [2.05, 4.69) is 21.3 Å². The third kappa shape index (κ3) is 5.76. The highest BCUT2D eigenvalue weighted by Gasteiger charge is 2.70. The van der Waals surface area contributed by atoms with Gasteiger partial charge in [-0.3, -0.25) is 24.0 Å². The molecule has 5 amide bonds. The molecule has 38 heavy (non-hydrogen) atoms. The highest BCUT2D eigenvalue weighted by Crippen LogP contribution is 2.65. The van der Waals surface area contributed by atoms with Crippen molar-refractivity contribution in [1.82, 2.24) is 26.2 Å². The molecule has 0 aromatic rings. The summed E-state index contributed by atoms with van der Waals surface area (Å²) in [4.78, 5) is 64.9. The molecule has 0 aromatic heterocycles. The molecule has 5 N–H and O–H groups in total. The number of likely N-dealkylation sites (tertiary alicyclic amines) is 1. The van der Waals surface area contributed by atoms with Gasteiger partial charge < -0.3 is 31.3 Å². The van der Waals surface area contributed by atoms with Crippen molar-refractivity contribution in [3.8, 4) is 0 Å². The first kappa shape index (κ1) is 29.7. The van der Waals surface area contributed by atoms with Gasteiger partial charge in [-0.2, -0.15) is 8.78 Å². The molecule has 3 fully saturated rings. The molecular formula is C25H39F2N5O6. The van der Waals surface area contributed by atoms with Crippen molar-refractivity contribution < 1.29 is 37.9 Å². The van der Waals surface area contributed by atoms with E-state index in [0.29, 0.717) is 13.0 Å². The van der Waals surface area contributed by atoms with Crippen LogP contribution >= 0.6 is 0 Å². The lowest BCUT2D eigenvalue weighted by atomic mass is 9.85. The summed E-state index contributed by atoms with van der Waals surface area (Å²) in [5, 5.41) is 20.5. The Kier molecular flexibility index (Phi) is 8.40. The van der Waals surface area contributed by atoms with Crippen molar-refractivity contribution in [2.45, 2.75) is 78.1 Å². The molecule has 3 aliphatic rings. The molecule has 2 heterocycles. The van der Waals surface area contributed by atoms with Crippen molar-refractivity contribution in [3.05, 3.63) is 0 Å². The van der Waals surface area contributed by atoms with Gasteiger partial charge in [0.15, 0.2) is 6.10 Å². The van der Waals surface area contributed by atoms with Gasteiger partial charge in [-0.1, -0.05) is 34.6 Å². The molecule has 2 saturated heterocycles. The van der Waals surface area contributed by atoms with Crippen LogP contribution in [0.5, 0.6) is 0 Å². The first-order chi connectivity index (χ1) is 17.5. The van der Waals surface area contributed by atoms with Crippen LogP contribution in [0.3, 0.4) is 0 Å². The highest BCUT2D eigenvalue weighted by molar-refractivity contribution is 5.95. The molecule has 11 nitrogen and oxygen atoms in total. The van der Waals surface area contributed by atoms with E-state index in [0.717, 1.165) is 0 Å². The van der Waals surface area contributed by atoms with Gasteiger partial charge in [0.2, 0.25) is 17.7 Å². The van der Waals surface area contributed by atoms with Crippen LogP contribution in [0.1, 0.15) is 47.5 Å². The number of likely N-dealkylation sites (N-methyl/N-ethyl adjacent to an activating group) is 1. The second-order valence-corrected chi connectivity index (χ2v) is 12.2. The predicted molar refractivity (Wildman–Crippen MR) is 131 cm³/mol. The number of rotatable bonds is 9. The Morgan fingerprint density at radius 1 is 1.16 bits per heavy atom. The number of aliphatic hydroxyl groups excluding tert-OH is 1. The Labute approximate surface area is 220 Å². The maximum absolute atomic E-state index is 13.7. The summed E-state index contributed by atoms with van der Waals surface area (Å²) in [6.45, 7) is 9.44. The number of nitrogens with zero attached hydrogens (tertiary/aromatic N) is 1. The first-order valence-corrected chi connectivity index (χ1v) is 12.9. The van der Waals surface area contributed by atoms with Crippen LogP contribution in [0.15, 0.2) is 0 Å². The summed E-state index contributed by atoms with van der Waals surface area (Å²) in [5.74, 6) is -4.61.